The Morgan fingerprint density at radius 1 is 1.31 bits per heavy atom. The Morgan fingerprint density at radius 3 is 2.90 bits per heavy atom. The van der Waals surface area contributed by atoms with Gasteiger partial charge in [0.2, 0.25) is 5.95 Å². The van der Waals surface area contributed by atoms with Crippen LogP contribution in [0.5, 0.6) is 0 Å². The molecule has 1 saturated heterocycles. The van der Waals surface area contributed by atoms with E-state index in [1.54, 1.807) is 6.20 Å². The molecule has 2 aliphatic rings. The van der Waals surface area contributed by atoms with E-state index in [0.29, 0.717) is 17.4 Å². The van der Waals surface area contributed by atoms with Crippen molar-refractivity contribution in [1.29, 1.82) is 0 Å². The van der Waals surface area contributed by atoms with Crippen LogP contribution in [0.15, 0.2) is 30.6 Å². The molecule has 0 radical (unpaired) electrons. The van der Waals surface area contributed by atoms with Gasteiger partial charge in [-0.1, -0.05) is 19.9 Å². The van der Waals surface area contributed by atoms with E-state index in [1.165, 1.54) is 15.6 Å². The van der Waals surface area contributed by atoms with Gasteiger partial charge >= 0.3 is 0 Å². The molecule has 0 aliphatic carbocycles. The minimum absolute atomic E-state index is 0.195. The van der Waals surface area contributed by atoms with E-state index in [2.05, 4.69) is 25.7 Å². The fourth-order valence-corrected chi connectivity index (χ4v) is 3.90. The Balaban J connectivity index is 1.44. The maximum atomic E-state index is 13.6. The van der Waals surface area contributed by atoms with Crippen LogP contribution in [0.2, 0.25) is 0 Å². The smallest absolute Gasteiger partial charge is 0.266 e. The van der Waals surface area contributed by atoms with Crippen molar-refractivity contribution in [2.24, 2.45) is 0 Å². The van der Waals surface area contributed by atoms with Crippen molar-refractivity contribution in [2.75, 3.05) is 28.6 Å². The number of alkyl halides is 2. The van der Waals surface area contributed by atoms with Crippen molar-refractivity contribution in [3.8, 4) is 0 Å². The molecule has 1 unspecified atom stereocenters. The molecule has 8 nitrogen and oxygen atoms in total. The highest BCUT2D eigenvalue weighted by Gasteiger charge is 2.40. The Labute approximate surface area is 165 Å². The van der Waals surface area contributed by atoms with Crippen molar-refractivity contribution < 1.29 is 13.9 Å². The minimum Gasteiger partial charge on any atom is -0.373 e. The molecule has 0 saturated carbocycles. The van der Waals surface area contributed by atoms with E-state index >= 15 is 0 Å². The number of aliphatic hydroxyl groups excluding tert-OH is 1. The number of anilines is 4. The minimum atomic E-state index is -2.72. The lowest BCUT2D eigenvalue weighted by Gasteiger charge is -2.22. The predicted octanol–water partition coefficient (Wildman–Crippen LogP) is 2.73. The first-order valence-electron chi connectivity index (χ1n) is 9.43. The first-order valence-corrected chi connectivity index (χ1v) is 9.43. The van der Waals surface area contributed by atoms with Crippen molar-refractivity contribution >= 4 is 28.8 Å². The fraction of sp³-hybridized carbons (Fsp3) is 0.421. The SMILES string of the molecule is CC1(C)c2ccc(Nc3nc4c(N5CCC(F)(F)C5)nccn4n3)cc2NC1O. The van der Waals surface area contributed by atoms with E-state index in [1.807, 2.05) is 32.0 Å². The summed E-state index contributed by atoms with van der Waals surface area (Å²) in [5.41, 5.74) is 2.66. The zero-order chi connectivity index (χ0) is 20.4. The number of benzene rings is 1. The second-order valence-electron chi connectivity index (χ2n) is 8.14. The standard InChI is InChI=1S/C19H21F2N7O/c1-18(2)12-4-3-11(9-13(12)24-16(18)29)23-17-25-15-14(22-6-8-28(15)26-17)27-7-5-19(20,21)10-27/h3-4,6,8-9,16,24,29H,5,7,10H2,1-2H3,(H,23,26). The van der Waals surface area contributed by atoms with Crippen molar-refractivity contribution in [2.45, 2.75) is 37.8 Å². The van der Waals surface area contributed by atoms with Gasteiger partial charge in [0.15, 0.2) is 11.5 Å². The summed E-state index contributed by atoms with van der Waals surface area (Å²) in [6.45, 7) is 3.81. The van der Waals surface area contributed by atoms with Gasteiger partial charge in [-0.05, 0) is 17.7 Å². The number of halogens is 2. The number of aliphatic hydroxyl groups is 1. The van der Waals surface area contributed by atoms with E-state index in [9.17, 15) is 13.9 Å². The number of fused-ring (bicyclic) bond motifs is 2. The second-order valence-corrected chi connectivity index (χ2v) is 8.14. The Bertz CT molecular complexity index is 1100. The molecule has 1 fully saturated rings. The van der Waals surface area contributed by atoms with E-state index < -0.39 is 12.2 Å². The topological polar surface area (TPSA) is 90.6 Å². The van der Waals surface area contributed by atoms with Gasteiger partial charge in [-0.3, -0.25) is 0 Å². The number of nitrogens with zero attached hydrogens (tertiary/aromatic N) is 5. The number of rotatable bonds is 3. The summed E-state index contributed by atoms with van der Waals surface area (Å²) < 4.78 is 28.8. The average Bonchev–Trinajstić information content (AvgIpc) is 3.29. The van der Waals surface area contributed by atoms with Gasteiger partial charge in [0.05, 0.1) is 6.54 Å². The Kier molecular flexibility index (Phi) is 3.73. The summed E-state index contributed by atoms with van der Waals surface area (Å²) in [7, 11) is 0. The van der Waals surface area contributed by atoms with Crippen molar-refractivity contribution in [1.82, 2.24) is 19.6 Å². The molecule has 3 aromatic rings. The lowest BCUT2D eigenvalue weighted by atomic mass is 9.85. The monoisotopic (exact) mass is 401 g/mol. The fourth-order valence-electron chi connectivity index (χ4n) is 3.90. The molecule has 5 rings (SSSR count). The maximum Gasteiger partial charge on any atom is 0.266 e. The molecule has 1 atom stereocenters. The molecule has 0 spiro atoms. The predicted molar refractivity (Wildman–Crippen MR) is 105 cm³/mol. The van der Waals surface area contributed by atoms with Crippen molar-refractivity contribution in [3.63, 3.8) is 0 Å². The average molecular weight is 401 g/mol. The van der Waals surface area contributed by atoms with Gasteiger partial charge in [0.1, 0.15) is 6.23 Å². The van der Waals surface area contributed by atoms with Gasteiger partial charge < -0.3 is 20.6 Å². The molecule has 29 heavy (non-hydrogen) atoms. The molecule has 1 aromatic carbocycles. The molecule has 3 N–H and O–H groups in total. The highest BCUT2D eigenvalue weighted by Crippen LogP contribution is 2.41. The molecular weight excluding hydrogens is 380 g/mol. The highest BCUT2D eigenvalue weighted by atomic mass is 19.3. The van der Waals surface area contributed by atoms with Crippen LogP contribution in [-0.2, 0) is 5.41 Å². The largest absolute Gasteiger partial charge is 0.373 e. The van der Waals surface area contributed by atoms with Crippen LogP contribution < -0.4 is 15.5 Å². The number of hydrogen-bond acceptors (Lipinski definition) is 7. The lowest BCUT2D eigenvalue weighted by Crippen LogP contribution is -2.32. The molecule has 2 aliphatic heterocycles. The van der Waals surface area contributed by atoms with Gasteiger partial charge in [0, 0.05) is 42.1 Å². The summed E-state index contributed by atoms with van der Waals surface area (Å²) in [5, 5.41) is 20.8. The quantitative estimate of drug-likeness (QED) is 0.622. The maximum absolute atomic E-state index is 13.6. The van der Waals surface area contributed by atoms with Gasteiger partial charge in [-0.15, -0.1) is 5.10 Å². The first-order chi connectivity index (χ1) is 13.7. The lowest BCUT2D eigenvalue weighted by molar-refractivity contribution is 0.0257. The first kappa shape index (κ1) is 18.0. The molecule has 152 valence electrons. The van der Waals surface area contributed by atoms with Crippen LogP contribution in [0.3, 0.4) is 0 Å². The van der Waals surface area contributed by atoms with Crippen LogP contribution in [0.1, 0.15) is 25.8 Å². The number of nitrogens with one attached hydrogen (secondary N) is 2. The van der Waals surface area contributed by atoms with E-state index in [-0.39, 0.29) is 24.9 Å². The van der Waals surface area contributed by atoms with Gasteiger partial charge in [-0.25, -0.2) is 18.3 Å². The Morgan fingerprint density at radius 2 is 2.14 bits per heavy atom. The van der Waals surface area contributed by atoms with Crippen LogP contribution in [0.4, 0.5) is 31.9 Å². The summed E-state index contributed by atoms with van der Waals surface area (Å²) in [5.74, 6) is -1.99. The van der Waals surface area contributed by atoms with Crippen LogP contribution in [-0.4, -0.2) is 49.9 Å². The molecule has 0 amide bonds. The third kappa shape index (κ3) is 2.94. The van der Waals surface area contributed by atoms with Crippen molar-refractivity contribution in [3.05, 3.63) is 36.2 Å². The normalized spacial score (nSPS) is 22.0. The summed E-state index contributed by atoms with van der Waals surface area (Å²) >= 11 is 0. The Hall–Kier alpha value is -3.01. The van der Waals surface area contributed by atoms with Gasteiger partial charge in [0.25, 0.3) is 5.92 Å². The van der Waals surface area contributed by atoms with Gasteiger partial charge in [-0.2, -0.15) is 4.98 Å². The second kappa shape index (κ2) is 5.99. The molecule has 10 heteroatoms. The zero-order valence-corrected chi connectivity index (χ0v) is 16.0. The summed E-state index contributed by atoms with van der Waals surface area (Å²) in [6, 6.07) is 5.74. The third-order valence-electron chi connectivity index (χ3n) is 5.65. The zero-order valence-electron chi connectivity index (χ0n) is 16.0. The van der Waals surface area contributed by atoms with Crippen LogP contribution in [0.25, 0.3) is 5.65 Å². The number of hydrogen-bond donors (Lipinski definition) is 3. The van der Waals surface area contributed by atoms with E-state index in [0.717, 1.165) is 16.9 Å². The molecular formula is C19H21F2N7O. The number of aromatic nitrogens is 4. The summed E-state index contributed by atoms with van der Waals surface area (Å²) in [4.78, 5) is 10.2. The third-order valence-corrected chi connectivity index (χ3v) is 5.65. The van der Waals surface area contributed by atoms with Crippen LogP contribution in [0, 0.1) is 0 Å². The molecule has 0 bridgehead atoms. The van der Waals surface area contributed by atoms with Crippen LogP contribution >= 0.6 is 0 Å². The van der Waals surface area contributed by atoms with E-state index in [4.69, 9.17) is 0 Å². The highest BCUT2D eigenvalue weighted by molar-refractivity contribution is 5.71. The molecule has 2 aromatic heterocycles. The molecule has 4 heterocycles. The summed E-state index contributed by atoms with van der Waals surface area (Å²) in [6.07, 6.45) is 2.31.